The molecule has 0 bridgehead atoms. The van der Waals surface area contributed by atoms with Gasteiger partial charge in [-0.25, -0.2) is 4.79 Å². The summed E-state index contributed by atoms with van der Waals surface area (Å²) in [6, 6.07) is 10.7. The molecule has 0 saturated carbocycles. The minimum Gasteiger partial charge on any atom is -0.497 e. The van der Waals surface area contributed by atoms with E-state index in [9.17, 15) is 18.0 Å². The zero-order chi connectivity index (χ0) is 23.6. The first-order chi connectivity index (χ1) is 15.7. The predicted octanol–water partition coefficient (Wildman–Crippen LogP) is 5.24. The second kappa shape index (κ2) is 9.12. The molecule has 7 nitrogen and oxygen atoms in total. The molecule has 0 atom stereocenters. The fourth-order valence-electron chi connectivity index (χ4n) is 3.69. The number of halogens is 4. The second-order valence-electron chi connectivity index (χ2n) is 7.68. The molecular weight excluding hydrogens is 463 g/mol. The number of nitrogens with one attached hydrogen (secondary N) is 2. The minimum atomic E-state index is -4.63. The number of carbonyl (C=O) groups is 1. The molecule has 0 aliphatic carbocycles. The maximum absolute atomic E-state index is 13.0. The molecule has 2 aliphatic heterocycles. The van der Waals surface area contributed by atoms with Crippen molar-refractivity contribution in [2.24, 2.45) is 0 Å². The van der Waals surface area contributed by atoms with Gasteiger partial charge in [0.05, 0.1) is 23.4 Å². The molecule has 2 heterocycles. The van der Waals surface area contributed by atoms with E-state index in [2.05, 4.69) is 10.8 Å². The van der Waals surface area contributed by atoms with Gasteiger partial charge in [0.1, 0.15) is 11.4 Å². The Labute approximate surface area is 193 Å². The number of benzene rings is 2. The molecule has 4 rings (SSSR count). The fraction of sp³-hybridized carbons (Fsp3) is 0.318. The number of anilines is 1. The molecule has 1 amide bonds. The highest BCUT2D eigenvalue weighted by Gasteiger charge is 2.40. The van der Waals surface area contributed by atoms with Crippen molar-refractivity contribution in [3.05, 3.63) is 64.7 Å². The van der Waals surface area contributed by atoms with E-state index in [0.717, 1.165) is 29.1 Å². The lowest BCUT2D eigenvalue weighted by Gasteiger charge is -2.35. The molecule has 0 unspecified atom stereocenters. The van der Waals surface area contributed by atoms with Gasteiger partial charge in [0.25, 0.3) is 0 Å². The van der Waals surface area contributed by atoms with Crippen molar-refractivity contribution in [3.8, 4) is 5.75 Å². The van der Waals surface area contributed by atoms with Crippen molar-refractivity contribution in [1.29, 1.82) is 0 Å². The molecule has 2 aromatic rings. The van der Waals surface area contributed by atoms with Crippen LogP contribution in [0, 0.1) is 0 Å². The molecule has 176 valence electrons. The fourth-order valence-corrected chi connectivity index (χ4v) is 3.92. The van der Waals surface area contributed by atoms with Crippen LogP contribution < -0.4 is 15.5 Å². The van der Waals surface area contributed by atoms with Gasteiger partial charge in [-0.15, -0.1) is 5.06 Å². The molecule has 1 spiro atoms. The van der Waals surface area contributed by atoms with Crippen molar-refractivity contribution < 1.29 is 32.4 Å². The van der Waals surface area contributed by atoms with Crippen molar-refractivity contribution >= 4 is 29.1 Å². The van der Waals surface area contributed by atoms with E-state index in [1.807, 2.05) is 30.3 Å². The summed E-state index contributed by atoms with van der Waals surface area (Å²) < 4.78 is 44.2. The summed E-state index contributed by atoms with van der Waals surface area (Å²) in [5.41, 5.74) is 3.05. The first-order valence-electron chi connectivity index (χ1n) is 10.1. The lowest BCUT2D eigenvalue weighted by Crippen LogP contribution is -2.45. The van der Waals surface area contributed by atoms with Gasteiger partial charge in [-0.2, -0.15) is 13.2 Å². The number of amides is 1. The number of piperidine rings is 1. The topological polar surface area (TPSA) is 72.1 Å². The van der Waals surface area contributed by atoms with E-state index in [1.54, 1.807) is 7.11 Å². The lowest BCUT2D eigenvalue weighted by atomic mass is 9.91. The number of hydroxylamine groups is 3. The number of ether oxygens (including phenoxy) is 1. The maximum Gasteiger partial charge on any atom is 0.430 e. The molecular formula is C22H21ClF3N3O4. The SMILES string of the molecule is COc1cccc(C2=CC3(CCN(OC(=O)Nc4ccc(Cl)c(C(F)(F)F)c4)CC3)ON2)c1. The Hall–Kier alpha value is -2.95. The summed E-state index contributed by atoms with van der Waals surface area (Å²) in [5, 5.41) is 3.30. The molecule has 33 heavy (non-hydrogen) atoms. The highest BCUT2D eigenvalue weighted by Crippen LogP contribution is 2.37. The highest BCUT2D eigenvalue weighted by molar-refractivity contribution is 6.31. The van der Waals surface area contributed by atoms with Gasteiger partial charge in [0.2, 0.25) is 0 Å². The maximum atomic E-state index is 13.0. The summed E-state index contributed by atoms with van der Waals surface area (Å²) in [6.07, 6.45) is -2.43. The van der Waals surface area contributed by atoms with Crippen LogP contribution in [0.5, 0.6) is 5.75 Å². The van der Waals surface area contributed by atoms with Crippen LogP contribution in [-0.2, 0) is 15.9 Å². The van der Waals surface area contributed by atoms with Crippen LogP contribution >= 0.6 is 11.6 Å². The minimum absolute atomic E-state index is 0.0700. The Morgan fingerprint density at radius 2 is 1.97 bits per heavy atom. The zero-order valence-corrected chi connectivity index (χ0v) is 18.3. The Morgan fingerprint density at radius 3 is 2.67 bits per heavy atom. The van der Waals surface area contributed by atoms with Crippen LogP contribution in [-0.4, -0.2) is 37.0 Å². The van der Waals surface area contributed by atoms with E-state index < -0.39 is 28.5 Å². The van der Waals surface area contributed by atoms with Gasteiger partial charge in [0.15, 0.2) is 0 Å². The number of rotatable bonds is 4. The monoisotopic (exact) mass is 483 g/mol. The van der Waals surface area contributed by atoms with Gasteiger partial charge in [-0.05, 0) is 49.2 Å². The first kappa shape index (κ1) is 23.2. The third kappa shape index (κ3) is 5.35. The number of hydrogen-bond donors (Lipinski definition) is 2. The van der Waals surface area contributed by atoms with Gasteiger partial charge >= 0.3 is 12.3 Å². The molecule has 1 saturated heterocycles. The van der Waals surface area contributed by atoms with Gasteiger partial charge in [0, 0.05) is 24.3 Å². The van der Waals surface area contributed by atoms with Crippen LogP contribution in [0.3, 0.4) is 0 Å². The number of carbonyl (C=O) groups excluding carboxylic acids is 1. The summed E-state index contributed by atoms with van der Waals surface area (Å²) in [7, 11) is 1.60. The molecule has 0 radical (unpaired) electrons. The smallest absolute Gasteiger partial charge is 0.430 e. The Balaban J connectivity index is 1.33. The van der Waals surface area contributed by atoms with E-state index in [1.165, 1.54) is 11.1 Å². The Bertz CT molecular complexity index is 1070. The van der Waals surface area contributed by atoms with E-state index in [-0.39, 0.29) is 5.69 Å². The molecule has 2 aliphatic rings. The summed E-state index contributed by atoms with van der Waals surface area (Å²) in [4.78, 5) is 23.3. The number of nitrogens with zero attached hydrogens (tertiary/aromatic N) is 1. The summed E-state index contributed by atoms with van der Waals surface area (Å²) >= 11 is 5.60. The van der Waals surface area contributed by atoms with Crippen LogP contribution in [0.25, 0.3) is 5.70 Å². The van der Waals surface area contributed by atoms with Crippen molar-refractivity contribution in [3.63, 3.8) is 0 Å². The van der Waals surface area contributed by atoms with Crippen molar-refractivity contribution in [2.75, 3.05) is 25.5 Å². The quantitative estimate of drug-likeness (QED) is 0.619. The summed E-state index contributed by atoms with van der Waals surface area (Å²) in [5.74, 6) is 0.730. The van der Waals surface area contributed by atoms with E-state index in [0.29, 0.717) is 25.9 Å². The third-order valence-electron chi connectivity index (χ3n) is 5.45. The molecule has 11 heteroatoms. The van der Waals surface area contributed by atoms with Crippen LogP contribution in [0.1, 0.15) is 24.0 Å². The van der Waals surface area contributed by atoms with Crippen LogP contribution in [0.2, 0.25) is 5.02 Å². The third-order valence-corrected chi connectivity index (χ3v) is 5.78. The van der Waals surface area contributed by atoms with Crippen molar-refractivity contribution in [1.82, 2.24) is 10.5 Å². The number of methoxy groups -OCH3 is 1. The zero-order valence-electron chi connectivity index (χ0n) is 17.5. The second-order valence-corrected chi connectivity index (χ2v) is 8.09. The van der Waals surface area contributed by atoms with E-state index >= 15 is 0 Å². The Kier molecular flexibility index (Phi) is 6.42. The van der Waals surface area contributed by atoms with Gasteiger partial charge in [-0.3, -0.25) is 15.6 Å². The summed E-state index contributed by atoms with van der Waals surface area (Å²) in [6.45, 7) is 0.761. The number of hydrogen-bond acceptors (Lipinski definition) is 6. The average molecular weight is 484 g/mol. The standard InChI is InChI=1S/C22H21ClF3N3O4/c1-31-16-4-2-3-14(11-16)19-13-21(33-28-19)7-9-29(10-8-21)32-20(30)27-15-5-6-18(23)17(12-15)22(24,25)26/h2-6,11-13,28H,7-10H2,1H3,(H,27,30). The van der Waals surface area contributed by atoms with E-state index in [4.69, 9.17) is 26.0 Å². The Morgan fingerprint density at radius 1 is 1.21 bits per heavy atom. The largest absolute Gasteiger partial charge is 0.497 e. The average Bonchev–Trinajstić information content (AvgIpc) is 3.20. The predicted molar refractivity (Wildman–Crippen MR) is 115 cm³/mol. The first-order valence-corrected chi connectivity index (χ1v) is 10.5. The van der Waals surface area contributed by atoms with Gasteiger partial charge < -0.3 is 9.57 Å². The normalized spacial score (nSPS) is 17.9. The lowest BCUT2D eigenvalue weighted by molar-refractivity contribution is -0.153. The van der Waals surface area contributed by atoms with Crippen molar-refractivity contribution in [2.45, 2.75) is 24.6 Å². The number of alkyl halides is 3. The van der Waals surface area contributed by atoms with Crippen LogP contribution in [0.4, 0.5) is 23.7 Å². The molecule has 2 aromatic carbocycles. The highest BCUT2D eigenvalue weighted by atomic mass is 35.5. The van der Waals surface area contributed by atoms with Gasteiger partial charge in [-0.1, -0.05) is 23.7 Å². The molecule has 0 aromatic heterocycles. The molecule has 2 N–H and O–H groups in total. The van der Waals surface area contributed by atoms with Crippen LogP contribution in [0.15, 0.2) is 48.5 Å². The molecule has 1 fully saturated rings.